The molecule has 3 aliphatic rings. The van der Waals surface area contributed by atoms with E-state index in [-0.39, 0.29) is 24.5 Å². The van der Waals surface area contributed by atoms with Crippen molar-refractivity contribution in [3.8, 4) is 0 Å². The molecule has 2 aromatic heterocycles. The summed E-state index contributed by atoms with van der Waals surface area (Å²) in [5, 5.41) is 4.94. The van der Waals surface area contributed by atoms with Crippen LogP contribution < -0.4 is 0 Å². The molecule has 0 aliphatic carbocycles. The van der Waals surface area contributed by atoms with Crippen molar-refractivity contribution in [3.63, 3.8) is 0 Å². The van der Waals surface area contributed by atoms with E-state index in [4.69, 9.17) is 9.26 Å². The zero-order valence-corrected chi connectivity index (χ0v) is 18.2. The largest absolute Gasteiger partial charge is 0.455 e. The van der Waals surface area contributed by atoms with Gasteiger partial charge in [0.2, 0.25) is 0 Å². The van der Waals surface area contributed by atoms with Crippen LogP contribution in [-0.4, -0.2) is 40.1 Å². The van der Waals surface area contributed by atoms with Crippen molar-refractivity contribution in [2.24, 2.45) is 11.8 Å². The van der Waals surface area contributed by atoms with Gasteiger partial charge >= 0.3 is 5.97 Å². The maximum absolute atomic E-state index is 13.0. The number of piperidine rings is 3. The number of pyridine rings is 1. The van der Waals surface area contributed by atoms with Gasteiger partial charge in [0.05, 0.1) is 17.3 Å². The lowest BCUT2D eigenvalue weighted by Gasteiger charge is -2.51. The van der Waals surface area contributed by atoms with E-state index in [0.717, 1.165) is 47.6 Å². The predicted molar refractivity (Wildman–Crippen MR) is 117 cm³/mol. The first-order valence-electron chi connectivity index (χ1n) is 11.3. The molecule has 31 heavy (non-hydrogen) atoms. The molecule has 6 heteroatoms. The molecule has 0 saturated carbocycles. The van der Waals surface area contributed by atoms with E-state index in [9.17, 15) is 4.79 Å². The number of para-hydroxylation sites is 1. The Hall–Kier alpha value is -2.73. The molecule has 162 valence electrons. The van der Waals surface area contributed by atoms with Gasteiger partial charge in [-0.1, -0.05) is 36.7 Å². The number of carbonyl (C=O) groups excluding carboxylic acids is 1. The van der Waals surface area contributed by atoms with E-state index in [1.54, 1.807) is 6.07 Å². The van der Waals surface area contributed by atoms with Crippen molar-refractivity contribution in [2.45, 2.75) is 51.7 Å². The maximum Gasteiger partial charge on any atom is 0.314 e. The van der Waals surface area contributed by atoms with E-state index in [0.29, 0.717) is 11.7 Å². The quantitative estimate of drug-likeness (QED) is 0.549. The fraction of sp³-hybridized carbons (Fsp3) is 0.480. The summed E-state index contributed by atoms with van der Waals surface area (Å²) in [5.74, 6) is 1.70. The lowest BCUT2D eigenvalue weighted by atomic mass is 9.72. The normalized spacial score (nSPS) is 26.1. The number of carbonyl (C=O) groups is 1. The number of aromatic nitrogens is 2. The van der Waals surface area contributed by atoms with E-state index in [1.165, 1.54) is 12.8 Å². The van der Waals surface area contributed by atoms with Crippen LogP contribution in [0.3, 0.4) is 0 Å². The molecule has 5 unspecified atom stereocenters. The molecule has 6 rings (SSSR count). The van der Waals surface area contributed by atoms with E-state index in [1.807, 2.05) is 37.4 Å². The third-order valence-electron chi connectivity index (χ3n) is 7.05. The van der Waals surface area contributed by atoms with Crippen molar-refractivity contribution in [2.75, 3.05) is 13.1 Å². The number of fused-ring (bicyclic) bond motifs is 4. The highest BCUT2D eigenvalue weighted by atomic mass is 16.5. The SMILES string of the molecule is CCC1CN2CCC1CC2C(OC(=O)Cc1cc(C)no1)c1ccnc2ccccc12. The van der Waals surface area contributed by atoms with Gasteiger partial charge in [0.1, 0.15) is 18.3 Å². The van der Waals surface area contributed by atoms with Crippen LogP contribution in [0.4, 0.5) is 0 Å². The maximum atomic E-state index is 13.0. The predicted octanol–water partition coefficient (Wildman–Crippen LogP) is 4.48. The zero-order valence-electron chi connectivity index (χ0n) is 18.2. The third kappa shape index (κ3) is 3.97. The summed E-state index contributed by atoms with van der Waals surface area (Å²) in [6.07, 6.45) is 5.10. The van der Waals surface area contributed by atoms with Crippen molar-refractivity contribution in [1.82, 2.24) is 15.0 Å². The molecule has 3 aliphatic heterocycles. The van der Waals surface area contributed by atoms with Gasteiger partial charge in [0, 0.05) is 29.8 Å². The van der Waals surface area contributed by atoms with Crippen molar-refractivity contribution >= 4 is 16.9 Å². The zero-order chi connectivity index (χ0) is 21.4. The molecule has 3 fully saturated rings. The van der Waals surface area contributed by atoms with E-state index >= 15 is 0 Å². The van der Waals surface area contributed by atoms with Crippen molar-refractivity contribution in [3.05, 3.63) is 59.6 Å². The highest BCUT2D eigenvalue weighted by Gasteiger charge is 2.44. The van der Waals surface area contributed by atoms with Crippen LogP contribution in [-0.2, 0) is 16.0 Å². The van der Waals surface area contributed by atoms with Crippen LogP contribution in [0.2, 0.25) is 0 Å². The summed E-state index contributed by atoms with van der Waals surface area (Å²) in [7, 11) is 0. The van der Waals surface area contributed by atoms with Crippen molar-refractivity contribution < 1.29 is 14.1 Å². The smallest absolute Gasteiger partial charge is 0.314 e. The minimum absolute atomic E-state index is 0.0914. The van der Waals surface area contributed by atoms with Gasteiger partial charge in [0.15, 0.2) is 0 Å². The Morgan fingerprint density at radius 2 is 2.19 bits per heavy atom. The molecule has 0 radical (unpaired) electrons. The summed E-state index contributed by atoms with van der Waals surface area (Å²) < 4.78 is 11.5. The summed E-state index contributed by atoms with van der Waals surface area (Å²) in [5.41, 5.74) is 2.73. The van der Waals surface area contributed by atoms with Gasteiger partial charge in [-0.3, -0.25) is 14.7 Å². The Bertz CT molecular complexity index is 1070. The number of esters is 1. The van der Waals surface area contributed by atoms with Gasteiger partial charge in [-0.05, 0) is 50.3 Å². The Morgan fingerprint density at radius 3 is 2.94 bits per heavy atom. The molecule has 5 heterocycles. The lowest BCUT2D eigenvalue weighted by Crippen LogP contribution is -2.55. The van der Waals surface area contributed by atoms with Gasteiger partial charge in [0.25, 0.3) is 0 Å². The fourth-order valence-electron chi connectivity index (χ4n) is 5.50. The van der Waals surface area contributed by atoms with Gasteiger partial charge < -0.3 is 9.26 Å². The number of hydrogen-bond donors (Lipinski definition) is 0. The van der Waals surface area contributed by atoms with Gasteiger partial charge in [-0.25, -0.2) is 0 Å². The summed E-state index contributed by atoms with van der Waals surface area (Å²) in [6.45, 7) is 6.30. The number of ether oxygens (including phenoxy) is 1. The highest BCUT2D eigenvalue weighted by molar-refractivity contribution is 5.83. The standard InChI is InChI=1S/C25H29N3O3/c1-3-17-15-28-11-9-18(17)13-23(28)25(30-24(29)14-19-12-16(2)27-31-19)21-8-10-26-22-7-5-4-6-20(21)22/h4-8,10,12,17-18,23,25H,3,9,11,13-15H2,1-2H3. The van der Waals surface area contributed by atoms with Crippen LogP contribution in [0, 0.1) is 18.8 Å². The Morgan fingerprint density at radius 1 is 1.32 bits per heavy atom. The van der Waals surface area contributed by atoms with E-state index < -0.39 is 0 Å². The van der Waals surface area contributed by atoms with Crippen LogP contribution in [0.25, 0.3) is 10.9 Å². The molecule has 3 aromatic rings. The van der Waals surface area contributed by atoms with Gasteiger partial charge in [-0.15, -0.1) is 0 Å². The second kappa shape index (κ2) is 8.42. The molecule has 0 spiro atoms. The van der Waals surface area contributed by atoms with Crippen LogP contribution in [0.15, 0.2) is 47.1 Å². The molecule has 0 amide bonds. The molecular weight excluding hydrogens is 390 g/mol. The molecule has 1 aromatic carbocycles. The van der Waals surface area contributed by atoms with Crippen molar-refractivity contribution in [1.29, 1.82) is 0 Å². The monoisotopic (exact) mass is 419 g/mol. The number of aryl methyl sites for hydroxylation is 1. The first kappa shape index (κ1) is 20.2. The molecule has 2 bridgehead atoms. The topological polar surface area (TPSA) is 68.5 Å². The molecule has 6 nitrogen and oxygen atoms in total. The minimum atomic E-state index is -0.329. The van der Waals surface area contributed by atoms with Crippen LogP contribution >= 0.6 is 0 Å². The van der Waals surface area contributed by atoms with E-state index in [2.05, 4.69) is 28.0 Å². The average Bonchev–Trinajstić information content (AvgIpc) is 3.21. The lowest BCUT2D eigenvalue weighted by molar-refractivity contribution is -0.157. The number of hydrogen-bond acceptors (Lipinski definition) is 6. The minimum Gasteiger partial charge on any atom is -0.455 e. The van der Waals surface area contributed by atoms with Gasteiger partial charge in [-0.2, -0.15) is 0 Å². The third-order valence-corrected chi connectivity index (χ3v) is 7.05. The first-order valence-corrected chi connectivity index (χ1v) is 11.3. The summed E-state index contributed by atoms with van der Waals surface area (Å²) in [4.78, 5) is 20.0. The Kier molecular flexibility index (Phi) is 5.48. The molecule has 3 saturated heterocycles. The second-order valence-corrected chi connectivity index (χ2v) is 8.95. The summed E-state index contributed by atoms with van der Waals surface area (Å²) >= 11 is 0. The molecule has 5 atom stereocenters. The number of rotatable bonds is 6. The van der Waals surface area contributed by atoms with Crippen LogP contribution in [0.5, 0.6) is 0 Å². The Labute approximate surface area is 182 Å². The number of nitrogens with zero attached hydrogens (tertiary/aromatic N) is 3. The average molecular weight is 420 g/mol. The summed E-state index contributed by atoms with van der Waals surface area (Å²) in [6, 6.07) is 12.1. The number of benzene rings is 1. The first-order chi connectivity index (χ1) is 15.1. The molecule has 0 N–H and O–H groups in total. The second-order valence-electron chi connectivity index (χ2n) is 8.95. The molecular formula is C25H29N3O3. The fourth-order valence-corrected chi connectivity index (χ4v) is 5.50. The Balaban J connectivity index is 1.47. The van der Waals surface area contributed by atoms with Crippen LogP contribution in [0.1, 0.15) is 49.3 Å². The highest BCUT2D eigenvalue weighted by Crippen LogP contribution is 2.44.